The van der Waals surface area contributed by atoms with Crippen molar-refractivity contribution in [2.75, 3.05) is 5.32 Å². The van der Waals surface area contributed by atoms with Crippen molar-refractivity contribution in [3.63, 3.8) is 0 Å². The van der Waals surface area contributed by atoms with Crippen molar-refractivity contribution in [2.45, 2.75) is 19.8 Å². The molecule has 2 N–H and O–H groups in total. The van der Waals surface area contributed by atoms with E-state index in [1.165, 1.54) is 5.56 Å². The van der Waals surface area contributed by atoms with Gasteiger partial charge in [0.05, 0.1) is 0 Å². The molecule has 4 aromatic rings. The van der Waals surface area contributed by atoms with Crippen LogP contribution in [0.25, 0.3) is 22.6 Å². The van der Waals surface area contributed by atoms with Crippen LogP contribution in [0.3, 0.4) is 0 Å². The number of anilines is 1. The van der Waals surface area contributed by atoms with Crippen molar-refractivity contribution in [3.8, 4) is 11.5 Å². The highest BCUT2D eigenvalue weighted by Crippen LogP contribution is 2.26. The Bertz CT molecular complexity index is 1200. The smallest absolute Gasteiger partial charge is 0.257 e. The average Bonchev–Trinajstić information content (AvgIpc) is 3.18. The van der Waals surface area contributed by atoms with E-state index in [1.54, 1.807) is 12.1 Å². The third-order valence-electron chi connectivity index (χ3n) is 4.73. The molecule has 0 unspecified atom stereocenters. The first kappa shape index (κ1) is 19.8. The predicted octanol–water partition coefficient (Wildman–Crippen LogP) is 5.75. The van der Waals surface area contributed by atoms with Crippen LogP contribution in [0.1, 0.15) is 35.7 Å². The molecule has 1 aromatic heterocycles. The number of amides is 1. The lowest BCUT2D eigenvalue weighted by Gasteiger charge is -2.10. The molecule has 0 aliphatic heterocycles. The van der Waals surface area contributed by atoms with Gasteiger partial charge in [-0.2, -0.15) is 0 Å². The van der Waals surface area contributed by atoms with Crippen LogP contribution in [-0.2, 0) is 0 Å². The molecule has 1 amide bonds. The lowest BCUT2D eigenvalue weighted by molar-refractivity contribution is 0.0977. The van der Waals surface area contributed by atoms with E-state index < -0.39 is 0 Å². The zero-order valence-corrected chi connectivity index (χ0v) is 17.5. The molecule has 0 atom stereocenters. The minimum absolute atomic E-state index is 0.221. The fraction of sp³-hybridized carbons (Fsp3) is 0.125. The summed E-state index contributed by atoms with van der Waals surface area (Å²) in [5, 5.41) is 5.96. The lowest BCUT2D eigenvalue weighted by Crippen LogP contribution is -2.34. The van der Waals surface area contributed by atoms with Gasteiger partial charge in [-0.25, -0.2) is 4.98 Å². The number of carbonyl (C=O) groups is 1. The molecular formula is C24H21N3O2S. The molecule has 5 nitrogen and oxygen atoms in total. The van der Waals surface area contributed by atoms with Crippen LogP contribution in [0.2, 0.25) is 0 Å². The number of carbonyl (C=O) groups excluding carboxylic acids is 1. The average molecular weight is 416 g/mol. The fourth-order valence-electron chi connectivity index (χ4n) is 3.07. The third-order valence-corrected chi connectivity index (χ3v) is 4.94. The zero-order chi connectivity index (χ0) is 21.1. The van der Waals surface area contributed by atoms with Crippen molar-refractivity contribution in [1.29, 1.82) is 0 Å². The fourth-order valence-corrected chi connectivity index (χ4v) is 3.28. The van der Waals surface area contributed by atoms with Gasteiger partial charge in [0.2, 0.25) is 5.89 Å². The molecule has 1 heterocycles. The van der Waals surface area contributed by atoms with Gasteiger partial charge in [0.15, 0.2) is 10.7 Å². The number of rotatable bonds is 4. The maximum Gasteiger partial charge on any atom is 0.257 e. The van der Waals surface area contributed by atoms with Crippen LogP contribution in [0.15, 0.2) is 77.2 Å². The maximum absolute atomic E-state index is 12.4. The van der Waals surface area contributed by atoms with Gasteiger partial charge in [0.1, 0.15) is 5.52 Å². The van der Waals surface area contributed by atoms with Gasteiger partial charge in [-0.1, -0.05) is 44.2 Å². The monoisotopic (exact) mass is 415 g/mol. The summed E-state index contributed by atoms with van der Waals surface area (Å²) in [6, 6.07) is 22.7. The third kappa shape index (κ3) is 4.39. The SMILES string of the molecule is CC(C)c1ccc(C(=O)NC(=S)Nc2ccc3oc(-c4ccccc4)nc3c2)cc1. The number of hydrogen-bond acceptors (Lipinski definition) is 4. The molecule has 6 heteroatoms. The van der Waals surface area contributed by atoms with Gasteiger partial charge in [-0.05, 0) is 66.2 Å². The van der Waals surface area contributed by atoms with E-state index >= 15 is 0 Å². The van der Waals surface area contributed by atoms with E-state index in [-0.39, 0.29) is 11.0 Å². The van der Waals surface area contributed by atoms with Crippen LogP contribution < -0.4 is 10.6 Å². The Morgan fingerprint density at radius 1 is 1.00 bits per heavy atom. The highest BCUT2D eigenvalue weighted by atomic mass is 32.1. The van der Waals surface area contributed by atoms with Crippen molar-refractivity contribution in [1.82, 2.24) is 10.3 Å². The number of nitrogens with one attached hydrogen (secondary N) is 2. The number of fused-ring (bicyclic) bond motifs is 1. The van der Waals surface area contributed by atoms with Crippen molar-refractivity contribution >= 4 is 40.0 Å². The van der Waals surface area contributed by atoms with Crippen molar-refractivity contribution in [2.24, 2.45) is 0 Å². The van der Waals surface area contributed by atoms with E-state index in [1.807, 2.05) is 60.7 Å². The van der Waals surface area contributed by atoms with Crippen LogP contribution in [-0.4, -0.2) is 16.0 Å². The standard InChI is InChI=1S/C24H21N3O2S/c1-15(2)16-8-10-17(11-9-16)22(28)27-24(30)25-19-12-13-21-20(14-19)26-23(29-21)18-6-4-3-5-7-18/h3-15H,1-2H3,(H2,25,27,28,30). The van der Waals surface area contributed by atoms with Crippen molar-refractivity contribution in [3.05, 3.63) is 83.9 Å². The molecule has 0 saturated heterocycles. The van der Waals surface area contributed by atoms with Gasteiger partial charge in [-0.3, -0.25) is 10.1 Å². The van der Waals surface area contributed by atoms with E-state index in [9.17, 15) is 4.79 Å². The second-order valence-corrected chi connectivity index (χ2v) is 7.66. The summed E-state index contributed by atoms with van der Waals surface area (Å²) in [6.45, 7) is 4.23. The molecule has 150 valence electrons. The number of oxazole rings is 1. The van der Waals surface area contributed by atoms with Crippen LogP contribution >= 0.6 is 12.2 Å². The summed E-state index contributed by atoms with van der Waals surface area (Å²) < 4.78 is 5.82. The Labute approximate surface area is 180 Å². The van der Waals surface area contributed by atoms with E-state index in [0.717, 1.165) is 11.3 Å². The summed E-state index contributed by atoms with van der Waals surface area (Å²) in [5.41, 5.74) is 4.76. The van der Waals surface area contributed by atoms with Crippen LogP contribution in [0.5, 0.6) is 0 Å². The molecule has 0 aliphatic carbocycles. The molecule has 0 bridgehead atoms. The Balaban J connectivity index is 1.44. The summed E-state index contributed by atoms with van der Waals surface area (Å²) in [4.78, 5) is 17.0. The van der Waals surface area contributed by atoms with E-state index in [2.05, 4.69) is 29.5 Å². The highest BCUT2D eigenvalue weighted by molar-refractivity contribution is 7.80. The summed E-state index contributed by atoms with van der Waals surface area (Å²) in [6.07, 6.45) is 0. The first-order valence-corrected chi connectivity index (χ1v) is 10.1. The van der Waals surface area contributed by atoms with Crippen LogP contribution in [0.4, 0.5) is 5.69 Å². The van der Waals surface area contributed by atoms with Crippen molar-refractivity contribution < 1.29 is 9.21 Å². The molecule has 4 rings (SSSR count). The molecule has 3 aromatic carbocycles. The minimum atomic E-state index is -0.253. The molecule has 0 radical (unpaired) electrons. The molecule has 0 aliphatic rings. The summed E-state index contributed by atoms with van der Waals surface area (Å²) in [5.74, 6) is 0.721. The topological polar surface area (TPSA) is 67.2 Å². The lowest BCUT2D eigenvalue weighted by atomic mass is 10.0. The Morgan fingerprint density at radius 2 is 1.73 bits per heavy atom. The largest absolute Gasteiger partial charge is 0.436 e. The number of nitrogens with zero attached hydrogens (tertiary/aromatic N) is 1. The van der Waals surface area contributed by atoms with Gasteiger partial charge in [0, 0.05) is 16.8 Å². The number of thiocarbonyl (C=S) groups is 1. The van der Waals surface area contributed by atoms with E-state index in [4.69, 9.17) is 16.6 Å². The number of hydrogen-bond donors (Lipinski definition) is 2. The summed E-state index contributed by atoms with van der Waals surface area (Å²) in [7, 11) is 0. The quantitative estimate of drug-likeness (QED) is 0.416. The second kappa shape index (κ2) is 8.47. The Hall–Kier alpha value is -3.51. The summed E-state index contributed by atoms with van der Waals surface area (Å²) >= 11 is 5.30. The number of benzene rings is 3. The van der Waals surface area contributed by atoms with E-state index in [0.29, 0.717) is 28.5 Å². The predicted molar refractivity (Wildman–Crippen MR) is 124 cm³/mol. The van der Waals surface area contributed by atoms with Gasteiger partial charge >= 0.3 is 0 Å². The number of aromatic nitrogens is 1. The maximum atomic E-state index is 12.4. The van der Waals surface area contributed by atoms with Gasteiger partial charge in [0.25, 0.3) is 5.91 Å². The molecule has 30 heavy (non-hydrogen) atoms. The second-order valence-electron chi connectivity index (χ2n) is 7.25. The zero-order valence-electron chi connectivity index (χ0n) is 16.7. The minimum Gasteiger partial charge on any atom is -0.436 e. The van der Waals surface area contributed by atoms with Gasteiger partial charge in [-0.15, -0.1) is 0 Å². The normalized spacial score (nSPS) is 10.9. The molecular weight excluding hydrogens is 394 g/mol. The van der Waals surface area contributed by atoms with Crippen LogP contribution in [0, 0.1) is 0 Å². The first-order valence-electron chi connectivity index (χ1n) is 9.68. The highest BCUT2D eigenvalue weighted by Gasteiger charge is 2.11. The molecule has 0 saturated carbocycles. The van der Waals surface area contributed by atoms with Gasteiger partial charge < -0.3 is 9.73 Å². The Kier molecular flexibility index (Phi) is 5.59. The molecule has 0 fully saturated rings. The Morgan fingerprint density at radius 3 is 2.43 bits per heavy atom. The molecule has 0 spiro atoms. The first-order chi connectivity index (χ1) is 14.5.